The van der Waals surface area contributed by atoms with Crippen LogP contribution in [0.1, 0.15) is 11.3 Å². The summed E-state index contributed by atoms with van der Waals surface area (Å²) < 4.78 is 1.87. The van der Waals surface area contributed by atoms with E-state index in [4.69, 9.17) is 0 Å². The van der Waals surface area contributed by atoms with Crippen LogP contribution in [-0.4, -0.2) is 19.7 Å². The van der Waals surface area contributed by atoms with Crippen LogP contribution >= 0.6 is 0 Å². The van der Waals surface area contributed by atoms with Crippen LogP contribution in [0.15, 0.2) is 55.2 Å². The third-order valence-corrected chi connectivity index (χ3v) is 2.90. The zero-order valence-corrected chi connectivity index (χ0v) is 10.9. The lowest BCUT2D eigenvalue weighted by molar-refractivity contribution is 0.686. The average Bonchev–Trinajstić information content (AvgIpc) is 2.90. The monoisotopic (exact) mass is 264 g/mol. The van der Waals surface area contributed by atoms with E-state index in [0.29, 0.717) is 6.54 Å². The van der Waals surface area contributed by atoms with Crippen molar-refractivity contribution in [1.82, 2.24) is 19.7 Å². The van der Waals surface area contributed by atoms with Gasteiger partial charge in [-0.05, 0) is 36.8 Å². The molecule has 0 atom stereocenters. The first kappa shape index (κ1) is 12.3. The minimum Gasteiger partial charge on any atom is -0.351 e. The summed E-state index contributed by atoms with van der Waals surface area (Å²) in [6, 6.07) is 7.77. The van der Waals surface area contributed by atoms with Crippen LogP contribution < -0.4 is 5.32 Å². The molecule has 3 heterocycles. The Balaban J connectivity index is 1.73. The lowest BCUT2D eigenvalue weighted by Crippen LogP contribution is -1.99. The molecule has 0 amide bonds. The highest BCUT2D eigenvalue weighted by molar-refractivity contribution is 5.60. The Labute approximate surface area is 117 Å². The molecule has 99 valence electrons. The van der Waals surface area contributed by atoms with Gasteiger partial charge in [0.15, 0.2) is 0 Å². The molecule has 0 aliphatic heterocycles. The van der Waals surface area contributed by atoms with E-state index in [-0.39, 0.29) is 0 Å². The van der Waals surface area contributed by atoms with Crippen molar-refractivity contribution < 1.29 is 0 Å². The molecule has 0 fully saturated rings. The van der Waals surface area contributed by atoms with Crippen molar-refractivity contribution in [2.75, 3.05) is 5.32 Å². The lowest BCUT2D eigenvalue weighted by Gasteiger charge is -2.05. The van der Waals surface area contributed by atoms with Crippen molar-refractivity contribution in [2.24, 2.45) is 0 Å². The van der Waals surface area contributed by atoms with Gasteiger partial charge in [-0.3, -0.25) is 14.6 Å². The van der Waals surface area contributed by atoms with E-state index in [1.54, 1.807) is 24.8 Å². The third-order valence-electron chi connectivity index (χ3n) is 2.90. The molecule has 3 rings (SSSR count). The van der Waals surface area contributed by atoms with Gasteiger partial charge in [-0.15, -0.1) is 0 Å². The van der Waals surface area contributed by atoms with Gasteiger partial charge in [0.2, 0.25) is 0 Å². The Hall–Kier alpha value is -2.69. The van der Waals surface area contributed by atoms with Crippen LogP contribution in [0.3, 0.4) is 0 Å². The van der Waals surface area contributed by atoms with Crippen molar-refractivity contribution in [2.45, 2.75) is 6.54 Å². The lowest BCUT2D eigenvalue weighted by atomic mass is 10.3. The number of rotatable bonds is 4. The fraction of sp³-hybridized carbons (Fsp3) is 0.0667. The highest BCUT2D eigenvalue weighted by atomic mass is 15.3. The number of hydrogen-bond acceptors (Lipinski definition) is 4. The van der Waals surface area contributed by atoms with Crippen LogP contribution in [0.4, 0.5) is 11.4 Å². The predicted octanol–water partition coefficient (Wildman–Crippen LogP) is 2.65. The molecular formula is C15H14N5. The molecular weight excluding hydrogens is 250 g/mol. The minimum absolute atomic E-state index is 0.717. The zero-order valence-electron chi connectivity index (χ0n) is 10.9. The zero-order chi connectivity index (χ0) is 13.8. The fourth-order valence-corrected chi connectivity index (χ4v) is 1.90. The van der Waals surface area contributed by atoms with E-state index in [9.17, 15) is 0 Å². The number of nitrogens with zero attached hydrogens (tertiary/aromatic N) is 4. The average molecular weight is 264 g/mol. The smallest absolute Gasteiger partial charge is 0.0771 e. The van der Waals surface area contributed by atoms with Gasteiger partial charge in [0.05, 0.1) is 29.8 Å². The molecule has 0 aliphatic rings. The summed E-state index contributed by atoms with van der Waals surface area (Å²) in [5.41, 5.74) is 3.68. The van der Waals surface area contributed by atoms with E-state index < -0.39 is 0 Å². The highest BCUT2D eigenvalue weighted by Crippen LogP contribution is 2.18. The van der Waals surface area contributed by atoms with Gasteiger partial charge in [0.25, 0.3) is 0 Å². The van der Waals surface area contributed by atoms with Crippen molar-refractivity contribution in [3.8, 4) is 0 Å². The number of hydrogen-bond donors (Lipinski definition) is 1. The van der Waals surface area contributed by atoms with Crippen LogP contribution in [0, 0.1) is 6.92 Å². The molecule has 0 aliphatic carbocycles. The molecule has 0 unspecified atom stereocenters. The molecule has 5 heteroatoms. The Morgan fingerprint density at radius 1 is 1.15 bits per heavy atom. The fourth-order valence-electron chi connectivity index (χ4n) is 1.90. The summed E-state index contributed by atoms with van der Waals surface area (Å²) in [7, 11) is 0. The first-order valence-electron chi connectivity index (χ1n) is 6.26. The standard InChI is InChI=1S/C15H14N5/c1-12-15(3-2-6-17-12)19-14-9-18-20(11-14)10-13-4-7-16-8-5-13/h2-9,11,19H,1,10H2. The minimum atomic E-state index is 0.717. The summed E-state index contributed by atoms with van der Waals surface area (Å²) in [5.74, 6) is 0. The molecule has 1 N–H and O–H groups in total. The van der Waals surface area contributed by atoms with E-state index in [1.807, 2.05) is 35.1 Å². The molecule has 0 bridgehead atoms. The van der Waals surface area contributed by atoms with Crippen LogP contribution in [-0.2, 0) is 6.54 Å². The second-order valence-corrected chi connectivity index (χ2v) is 4.40. The predicted molar refractivity (Wildman–Crippen MR) is 77.5 cm³/mol. The van der Waals surface area contributed by atoms with E-state index in [1.165, 1.54) is 0 Å². The number of anilines is 2. The molecule has 3 aromatic heterocycles. The number of pyridine rings is 2. The second-order valence-electron chi connectivity index (χ2n) is 4.40. The molecule has 5 nitrogen and oxygen atoms in total. The third kappa shape index (κ3) is 2.83. The van der Waals surface area contributed by atoms with Gasteiger partial charge in [-0.1, -0.05) is 0 Å². The topological polar surface area (TPSA) is 55.6 Å². The molecule has 0 saturated heterocycles. The Kier molecular flexibility index (Phi) is 3.41. The van der Waals surface area contributed by atoms with Crippen LogP contribution in [0.5, 0.6) is 0 Å². The normalized spacial score (nSPS) is 10.4. The van der Waals surface area contributed by atoms with Gasteiger partial charge in [-0.2, -0.15) is 5.10 Å². The van der Waals surface area contributed by atoms with Crippen molar-refractivity contribution in [3.05, 3.63) is 73.4 Å². The van der Waals surface area contributed by atoms with Gasteiger partial charge < -0.3 is 5.32 Å². The number of aromatic nitrogens is 4. The SMILES string of the molecule is [CH2]c1ncccc1Nc1cnn(Cc2ccncc2)c1. The van der Waals surface area contributed by atoms with Crippen molar-refractivity contribution >= 4 is 11.4 Å². The summed E-state index contributed by atoms with van der Waals surface area (Å²) >= 11 is 0. The van der Waals surface area contributed by atoms with Crippen LogP contribution in [0.2, 0.25) is 0 Å². The maximum Gasteiger partial charge on any atom is 0.0771 e. The van der Waals surface area contributed by atoms with E-state index >= 15 is 0 Å². The van der Waals surface area contributed by atoms with Gasteiger partial charge in [0, 0.05) is 24.8 Å². The summed E-state index contributed by atoms with van der Waals surface area (Å²) in [4.78, 5) is 8.14. The van der Waals surface area contributed by atoms with Gasteiger partial charge in [-0.25, -0.2) is 0 Å². The Morgan fingerprint density at radius 3 is 2.80 bits per heavy atom. The Morgan fingerprint density at radius 2 is 2.00 bits per heavy atom. The maximum atomic E-state index is 4.33. The number of nitrogens with one attached hydrogen (secondary N) is 1. The largest absolute Gasteiger partial charge is 0.351 e. The maximum absolute atomic E-state index is 4.33. The highest BCUT2D eigenvalue weighted by Gasteiger charge is 2.02. The molecule has 1 radical (unpaired) electrons. The van der Waals surface area contributed by atoms with Crippen molar-refractivity contribution in [3.63, 3.8) is 0 Å². The first-order valence-corrected chi connectivity index (χ1v) is 6.26. The van der Waals surface area contributed by atoms with E-state index in [0.717, 1.165) is 22.6 Å². The van der Waals surface area contributed by atoms with Gasteiger partial charge in [0.1, 0.15) is 0 Å². The Bertz CT molecular complexity index is 690. The first-order chi connectivity index (χ1) is 9.81. The van der Waals surface area contributed by atoms with Crippen molar-refractivity contribution in [1.29, 1.82) is 0 Å². The summed E-state index contributed by atoms with van der Waals surface area (Å²) in [5, 5.41) is 7.59. The second kappa shape index (κ2) is 5.52. The molecule has 20 heavy (non-hydrogen) atoms. The summed E-state index contributed by atoms with van der Waals surface area (Å²) in [6.07, 6.45) is 9.02. The quantitative estimate of drug-likeness (QED) is 0.787. The molecule has 0 aromatic carbocycles. The molecule has 0 spiro atoms. The molecule has 3 aromatic rings. The summed E-state index contributed by atoms with van der Waals surface area (Å²) in [6.45, 7) is 4.60. The van der Waals surface area contributed by atoms with Crippen LogP contribution in [0.25, 0.3) is 0 Å². The molecule has 0 saturated carbocycles. The van der Waals surface area contributed by atoms with Gasteiger partial charge >= 0.3 is 0 Å². The van der Waals surface area contributed by atoms with E-state index in [2.05, 4.69) is 27.3 Å².